The summed E-state index contributed by atoms with van der Waals surface area (Å²) in [5.74, 6) is 0.929. The van der Waals surface area contributed by atoms with Crippen LogP contribution in [0.2, 0.25) is 10.0 Å². The largest absolute Gasteiger partial charge is 0.340 e. The van der Waals surface area contributed by atoms with Gasteiger partial charge in [0, 0.05) is 48.0 Å². The van der Waals surface area contributed by atoms with Crippen molar-refractivity contribution in [3.8, 4) is 0 Å². The predicted octanol–water partition coefficient (Wildman–Crippen LogP) is 5.73. The van der Waals surface area contributed by atoms with Gasteiger partial charge in [0.2, 0.25) is 0 Å². The van der Waals surface area contributed by atoms with E-state index in [2.05, 4.69) is 27.4 Å². The molecule has 0 spiro atoms. The van der Waals surface area contributed by atoms with Gasteiger partial charge in [-0.2, -0.15) is 0 Å². The fraction of sp³-hybridized carbons (Fsp3) is 0.483. The second-order valence-corrected chi connectivity index (χ2v) is 11.3. The Morgan fingerprint density at radius 3 is 2.71 bits per heavy atom. The number of benzene rings is 2. The van der Waals surface area contributed by atoms with Crippen LogP contribution in [0.3, 0.4) is 0 Å². The van der Waals surface area contributed by atoms with Gasteiger partial charge in [0.1, 0.15) is 0 Å². The zero-order valence-corrected chi connectivity index (χ0v) is 23.4. The molecule has 1 aliphatic heterocycles. The van der Waals surface area contributed by atoms with Crippen LogP contribution in [0.25, 0.3) is 10.9 Å². The number of anilines is 1. The number of nitrogens with one attached hydrogen (secondary N) is 2. The van der Waals surface area contributed by atoms with E-state index < -0.39 is 0 Å². The van der Waals surface area contributed by atoms with Crippen molar-refractivity contribution in [1.82, 2.24) is 19.8 Å². The first kappa shape index (κ1) is 27.0. The predicted molar refractivity (Wildman–Crippen MR) is 158 cm³/mol. The van der Waals surface area contributed by atoms with Crippen LogP contribution in [0, 0.1) is 0 Å². The van der Waals surface area contributed by atoms with Crippen molar-refractivity contribution in [3.63, 3.8) is 0 Å². The highest BCUT2D eigenvalue weighted by atomic mass is 35.5. The van der Waals surface area contributed by atoms with Crippen LogP contribution in [-0.4, -0.2) is 52.1 Å². The number of nitrogens with zero attached hydrogens (tertiary/aromatic N) is 4. The molecule has 0 bridgehead atoms. The molecule has 1 aromatic heterocycles. The van der Waals surface area contributed by atoms with Gasteiger partial charge in [0.25, 0.3) is 5.56 Å². The van der Waals surface area contributed by atoms with E-state index in [0.29, 0.717) is 46.0 Å². The zero-order valence-electron chi connectivity index (χ0n) is 21.9. The van der Waals surface area contributed by atoms with Gasteiger partial charge in [-0.15, -0.1) is 0 Å². The molecular formula is C29H36Cl2N6O. The summed E-state index contributed by atoms with van der Waals surface area (Å²) in [6.45, 7) is 5.46. The molecule has 2 heterocycles. The van der Waals surface area contributed by atoms with E-state index in [1.165, 1.54) is 25.7 Å². The summed E-state index contributed by atoms with van der Waals surface area (Å²) in [5.41, 5.74) is 2.46. The van der Waals surface area contributed by atoms with E-state index in [1.54, 1.807) is 17.0 Å². The number of aliphatic imine (C=N–C) groups is 1. The van der Waals surface area contributed by atoms with Crippen molar-refractivity contribution in [3.05, 3.63) is 68.7 Å². The quantitative estimate of drug-likeness (QED) is 0.239. The lowest BCUT2D eigenvalue weighted by Gasteiger charge is -2.35. The number of aromatic nitrogens is 2. The highest BCUT2D eigenvalue weighted by Crippen LogP contribution is 2.23. The molecule has 9 heteroatoms. The Hall–Kier alpha value is -2.61. The maximum Gasteiger partial charge on any atom is 0.261 e. The third kappa shape index (κ3) is 6.68. The van der Waals surface area contributed by atoms with E-state index in [0.717, 1.165) is 49.7 Å². The van der Waals surface area contributed by atoms with Crippen molar-refractivity contribution < 1.29 is 0 Å². The highest BCUT2D eigenvalue weighted by Gasteiger charge is 2.21. The summed E-state index contributed by atoms with van der Waals surface area (Å²) in [7, 11) is 0. The SMILES string of the molecule is C[C@H]1CN(/C(=N\C2CCCCCC2)Nc2ccc3c(=O)n(CCc4ccc(Cl)cc4Cl)cnc3c2)CCN1. The molecule has 1 saturated heterocycles. The number of halogens is 2. The molecular weight excluding hydrogens is 519 g/mol. The lowest BCUT2D eigenvalue weighted by Crippen LogP contribution is -2.53. The van der Waals surface area contributed by atoms with Crippen molar-refractivity contribution in [1.29, 1.82) is 0 Å². The summed E-state index contributed by atoms with van der Waals surface area (Å²) >= 11 is 12.3. The second kappa shape index (κ2) is 12.5. The first-order chi connectivity index (χ1) is 18.5. The van der Waals surface area contributed by atoms with Crippen LogP contribution in [0.1, 0.15) is 51.0 Å². The maximum absolute atomic E-state index is 13.2. The molecule has 38 heavy (non-hydrogen) atoms. The van der Waals surface area contributed by atoms with E-state index in [4.69, 9.17) is 28.2 Å². The van der Waals surface area contributed by atoms with Gasteiger partial charge in [-0.3, -0.25) is 9.36 Å². The molecule has 0 unspecified atom stereocenters. The minimum absolute atomic E-state index is 0.0603. The Morgan fingerprint density at radius 2 is 1.95 bits per heavy atom. The Bertz CT molecular complexity index is 1350. The molecule has 2 aromatic carbocycles. The average Bonchev–Trinajstić information content (AvgIpc) is 3.17. The fourth-order valence-electron chi connectivity index (χ4n) is 5.37. The Balaban J connectivity index is 1.36. The molecule has 2 fully saturated rings. The molecule has 7 nitrogen and oxygen atoms in total. The zero-order chi connectivity index (χ0) is 26.5. The molecule has 0 radical (unpaired) electrons. The second-order valence-electron chi connectivity index (χ2n) is 10.5. The number of rotatable bonds is 5. The normalized spacial score (nSPS) is 19.5. The minimum Gasteiger partial charge on any atom is -0.340 e. The number of hydrogen-bond acceptors (Lipinski definition) is 4. The van der Waals surface area contributed by atoms with E-state index in [1.807, 2.05) is 30.3 Å². The van der Waals surface area contributed by atoms with Gasteiger partial charge in [-0.1, -0.05) is 55.0 Å². The molecule has 2 aliphatic rings. The summed E-state index contributed by atoms with van der Waals surface area (Å²) in [6.07, 6.45) is 9.63. The van der Waals surface area contributed by atoms with Crippen molar-refractivity contribution >= 4 is 45.8 Å². The summed E-state index contributed by atoms with van der Waals surface area (Å²) in [5, 5.41) is 8.92. The van der Waals surface area contributed by atoms with Crippen LogP contribution in [-0.2, 0) is 13.0 Å². The van der Waals surface area contributed by atoms with E-state index in [-0.39, 0.29) is 5.56 Å². The molecule has 1 atom stereocenters. The first-order valence-corrected chi connectivity index (χ1v) is 14.5. The van der Waals surface area contributed by atoms with Crippen molar-refractivity contribution in [2.75, 3.05) is 25.0 Å². The molecule has 202 valence electrons. The summed E-state index contributed by atoms with van der Waals surface area (Å²) in [6, 6.07) is 12.0. The highest BCUT2D eigenvalue weighted by molar-refractivity contribution is 6.35. The monoisotopic (exact) mass is 554 g/mol. The summed E-state index contributed by atoms with van der Waals surface area (Å²) < 4.78 is 1.64. The molecule has 0 amide bonds. The first-order valence-electron chi connectivity index (χ1n) is 13.7. The molecule has 5 rings (SSSR count). The van der Waals surface area contributed by atoms with E-state index >= 15 is 0 Å². The molecule has 2 N–H and O–H groups in total. The van der Waals surface area contributed by atoms with Gasteiger partial charge < -0.3 is 15.5 Å². The number of hydrogen-bond donors (Lipinski definition) is 2. The van der Waals surface area contributed by atoms with Crippen LogP contribution < -0.4 is 16.2 Å². The van der Waals surface area contributed by atoms with Crippen LogP contribution in [0.15, 0.2) is 52.5 Å². The number of piperazine rings is 1. The number of guanidine groups is 1. The number of fused-ring (bicyclic) bond motifs is 1. The van der Waals surface area contributed by atoms with Crippen molar-refractivity contribution in [2.24, 2.45) is 4.99 Å². The Morgan fingerprint density at radius 1 is 1.13 bits per heavy atom. The molecule has 3 aromatic rings. The van der Waals surface area contributed by atoms with E-state index in [9.17, 15) is 4.79 Å². The van der Waals surface area contributed by atoms with Gasteiger partial charge in [0.15, 0.2) is 5.96 Å². The average molecular weight is 556 g/mol. The third-order valence-electron chi connectivity index (χ3n) is 7.52. The van der Waals surface area contributed by atoms with Gasteiger partial charge in [-0.05, 0) is 62.1 Å². The minimum atomic E-state index is -0.0603. The third-order valence-corrected chi connectivity index (χ3v) is 8.10. The molecule has 1 saturated carbocycles. The fourth-order valence-corrected chi connectivity index (χ4v) is 5.87. The lowest BCUT2D eigenvalue weighted by atomic mass is 10.1. The van der Waals surface area contributed by atoms with Gasteiger partial charge >= 0.3 is 0 Å². The van der Waals surface area contributed by atoms with Crippen LogP contribution in [0.5, 0.6) is 0 Å². The van der Waals surface area contributed by atoms with Crippen LogP contribution >= 0.6 is 23.2 Å². The topological polar surface area (TPSA) is 74.5 Å². The Kier molecular flexibility index (Phi) is 8.87. The summed E-state index contributed by atoms with van der Waals surface area (Å²) in [4.78, 5) is 25.4. The Labute approximate surface area is 234 Å². The lowest BCUT2D eigenvalue weighted by molar-refractivity contribution is 0.301. The standard InChI is InChI=1S/C29H36Cl2N6O/c1-20-18-36(15-13-32-20)29(34-23-6-4-2-3-5-7-23)35-24-10-11-25-27(17-24)33-19-37(28(25)38)14-12-21-8-9-22(30)16-26(21)31/h8-11,16-17,19-20,23,32H,2-7,12-15,18H2,1H3,(H,34,35)/t20-/m0/s1. The smallest absolute Gasteiger partial charge is 0.261 e. The van der Waals surface area contributed by atoms with Crippen molar-refractivity contribution in [2.45, 2.75) is 70.5 Å². The maximum atomic E-state index is 13.2. The van der Waals surface area contributed by atoms with Gasteiger partial charge in [0.05, 0.1) is 23.3 Å². The number of aryl methyl sites for hydroxylation is 2. The molecule has 1 aliphatic carbocycles. The van der Waals surface area contributed by atoms with Crippen LogP contribution in [0.4, 0.5) is 5.69 Å². The van der Waals surface area contributed by atoms with Gasteiger partial charge in [-0.25, -0.2) is 9.98 Å².